The first-order valence-corrected chi connectivity index (χ1v) is 10.1. The minimum absolute atomic E-state index is 0.0190. The monoisotopic (exact) mass is 458 g/mol. The molecular formula is C21H16BrFN2O2S. The summed E-state index contributed by atoms with van der Waals surface area (Å²) in [6, 6.07) is 20.2. The van der Waals surface area contributed by atoms with Gasteiger partial charge in [-0.1, -0.05) is 34.1 Å². The van der Waals surface area contributed by atoms with Crippen molar-refractivity contribution < 1.29 is 14.0 Å². The van der Waals surface area contributed by atoms with Gasteiger partial charge in [-0.25, -0.2) is 4.39 Å². The lowest BCUT2D eigenvalue weighted by Gasteiger charge is -2.08. The van der Waals surface area contributed by atoms with Gasteiger partial charge in [0.25, 0.3) is 5.91 Å². The van der Waals surface area contributed by atoms with Gasteiger partial charge < -0.3 is 10.6 Å². The largest absolute Gasteiger partial charge is 0.325 e. The molecule has 0 aromatic heterocycles. The molecule has 142 valence electrons. The minimum Gasteiger partial charge on any atom is -0.325 e. The first-order valence-electron chi connectivity index (χ1n) is 8.35. The van der Waals surface area contributed by atoms with E-state index >= 15 is 0 Å². The SMILES string of the molecule is O=C(CSc1cccc(NC(=O)c2ccccc2F)c1)Nc1ccc(Br)cc1. The number of amides is 2. The van der Waals surface area contributed by atoms with Gasteiger partial charge in [0, 0.05) is 20.7 Å². The van der Waals surface area contributed by atoms with E-state index in [1.807, 2.05) is 30.3 Å². The summed E-state index contributed by atoms with van der Waals surface area (Å²) in [4.78, 5) is 25.1. The summed E-state index contributed by atoms with van der Waals surface area (Å²) >= 11 is 4.69. The molecule has 0 saturated heterocycles. The first kappa shape index (κ1) is 20.1. The van der Waals surface area contributed by atoms with Crippen LogP contribution in [0.15, 0.2) is 82.2 Å². The van der Waals surface area contributed by atoms with Gasteiger partial charge in [0.1, 0.15) is 5.82 Å². The number of carbonyl (C=O) groups excluding carboxylic acids is 2. The van der Waals surface area contributed by atoms with Crippen molar-refractivity contribution in [3.05, 3.63) is 88.6 Å². The Bertz CT molecular complexity index is 996. The molecule has 0 bridgehead atoms. The lowest BCUT2D eigenvalue weighted by molar-refractivity contribution is -0.113. The van der Waals surface area contributed by atoms with Gasteiger partial charge in [-0.15, -0.1) is 11.8 Å². The van der Waals surface area contributed by atoms with Crippen molar-refractivity contribution in [3.8, 4) is 0 Å². The molecule has 0 heterocycles. The van der Waals surface area contributed by atoms with Crippen LogP contribution < -0.4 is 10.6 Å². The van der Waals surface area contributed by atoms with Crippen LogP contribution in [0.2, 0.25) is 0 Å². The second-order valence-electron chi connectivity index (χ2n) is 5.81. The number of thioether (sulfide) groups is 1. The third kappa shape index (κ3) is 5.68. The molecule has 0 radical (unpaired) electrons. The van der Waals surface area contributed by atoms with Crippen LogP contribution in [0.5, 0.6) is 0 Å². The number of halogens is 2. The molecule has 0 fully saturated rings. The topological polar surface area (TPSA) is 58.2 Å². The van der Waals surface area contributed by atoms with Gasteiger partial charge in [0.15, 0.2) is 0 Å². The highest BCUT2D eigenvalue weighted by Gasteiger charge is 2.11. The number of hydrogen-bond donors (Lipinski definition) is 2. The van der Waals surface area contributed by atoms with E-state index in [-0.39, 0.29) is 17.2 Å². The summed E-state index contributed by atoms with van der Waals surface area (Å²) in [6.07, 6.45) is 0. The summed E-state index contributed by atoms with van der Waals surface area (Å²) in [6.45, 7) is 0. The van der Waals surface area contributed by atoms with E-state index in [4.69, 9.17) is 0 Å². The number of benzene rings is 3. The van der Waals surface area contributed by atoms with E-state index in [9.17, 15) is 14.0 Å². The fraction of sp³-hybridized carbons (Fsp3) is 0.0476. The third-order valence-corrected chi connectivity index (χ3v) is 5.23. The molecule has 0 aliphatic rings. The summed E-state index contributed by atoms with van der Waals surface area (Å²) in [5.74, 6) is -1.00. The molecule has 0 aliphatic carbocycles. The van der Waals surface area contributed by atoms with Crippen molar-refractivity contribution >= 4 is 50.9 Å². The number of hydrogen-bond acceptors (Lipinski definition) is 3. The average molecular weight is 459 g/mol. The molecule has 7 heteroatoms. The van der Waals surface area contributed by atoms with Crippen molar-refractivity contribution in [2.45, 2.75) is 4.90 Å². The molecule has 28 heavy (non-hydrogen) atoms. The fourth-order valence-corrected chi connectivity index (χ4v) is 3.41. The maximum absolute atomic E-state index is 13.7. The van der Waals surface area contributed by atoms with Crippen LogP contribution in [-0.4, -0.2) is 17.6 Å². The Kier molecular flexibility index (Phi) is 6.84. The lowest BCUT2D eigenvalue weighted by atomic mass is 10.2. The third-order valence-electron chi connectivity index (χ3n) is 3.71. The van der Waals surface area contributed by atoms with E-state index < -0.39 is 11.7 Å². The molecule has 0 atom stereocenters. The van der Waals surface area contributed by atoms with Crippen LogP contribution in [0.3, 0.4) is 0 Å². The molecule has 2 N–H and O–H groups in total. The molecule has 0 unspecified atom stereocenters. The van der Waals surface area contributed by atoms with Crippen molar-refractivity contribution in [2.24, 2.45) is 0 Å². The maximum atomic E-state index is 13.7. The molecule has 4 nitrogen and oxygen atoms in total. The molecule has 3 rings (SSSR count). The standard InChI is InChI=1S/C21H16BrFN2O2S/c22-14-8-10-15(11-9-14)24-20(26)13-28-17-5-3-4-16(12-17)25-21(27)18-6-1-2-7-19(18)23/h1-12H,13H2,(H,24,26)(H,25,27). The van der Waals surface area contributed by atoms with Gasteiger partial charge in [-0.05, 0) is 54.6 Å². The Balaban J connectivity index is 1.57. The van der Waals surface area contributed by atoms with Crippen LogP contribution in [0.4, 0.5) is 15.8 Å². The van der Waals surface area contributed by atoms with Gasteiger partial charge in [-0.3, -0.25) is 9.59 Å². The Labute approximate surface area is 174 Å². The quantitative estimate of drug-likeness (QED) is 0.474. The minimum atomic E-state index is -0.574. The Hall–Kier alpha value is -2.64. The van der Waals surface area contributed by atoms with Crippen LogP contribution >= 0.6 is 27.7 Å². The Morgan fingerprint density at radius 2 is 1.64 bits per heavy atom. The molecule has 3 aromatic carbocycles. The second-order valence-corrected chi connectivity index (χ2v) is 7.77. The van der Waals surface area contributed by atoms with Crippen molar-refractivity contribution in [1.29, 1.82) is 0 Å². The maximum Gasteiger partial charge on any atom is 0.258 e. The van der Waals surface area contributed by atoms with Crippen LogP contribution in [0, 0.1) is 5.82 Å². The summed E-state index contributed by atoms with van der Waals surface area (Å²) in [7, 11) is 0. The fourth-order valence-electron chi connectivity index (χ4n) is 2.39. The zero-order valence-electron chi connectivity index (χ0n) is 14.6. The van der Waals surface area contributed by atoms with Crippen LogP contribution in [0.25, 0.3) is 0 Å². The average Bonchev–Trinajstić information content (AvgIpc) is 2.69. The molecule has 2 amide bonds. The molecule has 3 aromatic rings. The summed E-state index contributed by atoms with van der Waals surface area (Å²) < 4.78 is 14.7. The van der Waals surface area contributed by atoms with Gasteiger partial charge >= 0.3 is 0 Å². The molecule has 0 saturated carbocycles. The highest BCUT2D eigenvalue weighted by molar-refractivity contribution is 9.10. The highest BCUT2D eigenvalue weighted by Crippen LogP contribution is 2.23. The van der Waals surface area contributed by atoms with Crippen LogP contribution in [0.1, 0.15) is 10.4 Å². The van der Waals surface area contributed by atoms with E-state index in [0.29, 0.717) is 5.69 Å². The van der Waals surface area contributed by atoms with E-state index in [0.717, 1.165) is 15.1 Å². The molecular weight excluding hydrogens is 443 g/mol. The number of rotatable bonds is 6. The van der Waals surface area contributed by atoms with E-state index in [2.05, 4.69) is 26.6 Å². The second kappa shape index (κ2) is 9.52. The van der Waals surface area contributed by atoms with E-state index in [1.54, 1.807) is 24.3 Å². The van der Waals surface area contributed by atoms with Gasteiger partial charge in [0.05, 0.1) is 11.3 Å². The lowest BCUT2D eigenvalue weighted by Crippen LogP contribution is -2.14. The Morgan fingerprint density at radius 1 is 0.893 bits per heavy atom. The zero-order chi connectivity index (χ0) is 19.9. The van der Waals surface area contributed by atoms with Crippen molar-refractivity contribution in [1.82, 2.24) is 0 Å². The number of anilines is 2. The zero-order valence-corrected chi connectivity index (χ0v) is 17.0. The van der Waals surface area contributed by atoms with Gasteiger partial charge in [0.2, 0.25) is 5.91 Å². The van der Waals surface area contributed by atoms with Crippen LogP contribution in [-0.2, 0) is 4.79 Å². The number of carbonyl (C=O) groups is 2. The predicted molar refractivity (Wildman–Crippen MR) is 114 cm³/mol. The predicted octanol–water partition coefficient (Wildman–Crippen LogP) is 5.57. The normalized spacial score (nSPS) is 10.4. The highest BCUT2D eigenvalue weighted by atomic mass is 79.9. The number of nitrogens with one attached hydrogen (secondary N) is 2. The summed E-state index contributed by atoms with van der Waals surface area (Å²) in [5.41, 5.74) is 1.24. The van der Waals surface area contributed by atoms with Gasteiger partial charge in [-0.2, -0.15) is 0 Å². The molecule has 0 spiro atoms. The van der Waals surface area contributed by atoms with E-state index in [1.165, 1.54) is 30.0 Å². The van der Waals surface area contributed by atoms with Crippen molar-refractivity contribution in [3.63, 3.8) is 0 Å². The van der Waals surface area contributed by atoms with Crippen molar-refractivity contribution in [2.75, 3.05) is 16.4 Å². The smallest absolute Gasteiger partial charge is 0.258 e. The first-order chi connectivity index (χ1) is 13.5. The Morgan fingerprint density at radius 3 is 2.39 bits per heavy atom. The summed E-state index contributed by atoms with van der Waals surface area (Å²) in [5, 5.41) is 5.50. The molecule has 0 aliphatic heterocycles.